The molecule has 0 spiro atoms. The van der Waals surface area contributed by atoms with Gasteiger partial charge in [0, 0.05) is 4.47 Å². The van der Waals surface area contributed by atoms with Crippen LogP contribution in [0.1, 0.15) is 0 Å². The van der Waals surface area contributed by atoms with Crippen molar-refractivity contribution >= 4 is 56.2 Å². The fraction of sp³-hybridized carbons (Fsp3) is 0. The van der Waals surface area contributed by atoms with E-state index in [1.54, 1.807) is 18.2 Å². The first kappa shape index (κ1) is 12.6. The average Bonchev–Trinajstić information content (AvgIpc) is 2.26. The largest absolute Gasteiger partial charge is 0.397 e. The Balaban J connectivity index is 2.38. The van der Waals surface area contributed by atoms with Crippen molar-refractivity contribution in [3.05, 3.63) is 50.9 Å². The Bertz CT molecular complexity index is 538. The molecular formula is C12H9BrCl2N2. The molecule has 88 valence electrons. The molecular weight excluding hydrogens is 323 g/mol. The van der Waals surface area contributed by atoms with E-state index in [1.807, 2.05) is 18.2 Å². The number of para-hydroxylation sites is 1. The molecule has 0 saturated heterocycles. The lowest BCUT2D eigenvalue weighted by Gasteiger charge is -2.12. The molecule has 17 heavy (non-hydrogen) atoms. The Labute approximate surface area is 118 Å². The Morgan fingerprint density at radius 2 is 1.71 bits per heavy atom. The highest BCUT2D eigenvalue weighted by molar-refractivity contribution is 9.10. The number of anilines is 3. The third-order valence-electron chi connectivity index (χ3n) is 2.24. The monoisotopic (exact) mass is 330 g/mol. The van der Waals surface area contributed by atoms with Crippen LogP contribution in [0.3, 0.4) is 0 Å². The van der Waals surface area contributed by atoms with Gasteiger partial charge in [0.2, 0.25) is 0 Å². The van der Waals surface area contributed by atoms with Gasteiger partial charge in [-0.05, 0) is 30.3 Å². The van der Waals surface area contributed by atoms with E-state index in [1.165, 1.54) is 0 Å². The number of rotatable bonds is 2. The summed E-state index contributed by atoms with van der Waals surface area (Å²) in [6, 6.07) is 10.9. The highest BCUT2D eigenvalue weighted by Crippen LogP contribution is 2.34. The Morgan fingerprint density at radius 1 is 1.06 bits per heavy atom. The van der Waals surface area contributed by atoms with Gasteiger partial charge in [-0.15, -0.1) is 0 Å². The number of nitrogens with two attached hydrogens (primary N) is 1. The number of benzene rings is 2. The average molecular weight is 332 g/mol. The van der Waals surface area contributed by atoms with Crippen LogP contribution in [0.4, 0.5) is 17.1 Å². The summed E-state index contributed by atoms with van der Waals surface area (Å²) >= 11 is 15.5. The van der Waals surface area contributed by atoms with E-state index in [4.69, 9.17) is 28.9 Å². The van der Waals surface area contributed by atoms with Crippen molar-refractivity contribution in [1.29, 1.82) is 0 Å². The summed E-state index contributed by atoms with van der Waals surface area (Å²) in [4.78, 5) is 0. The Morgan fingerprint density at radius 3 is 2.29 bits per heavy atom. The van der Waals surface area contributed by atoms with Gasteiger partial charge in [-0.1, -0.05) is 45.2 Å². The highest BCUT2D eigenvalue weighted by Gasteiger charge is 2.07. The maximum atomic E-state index is 6.07. The van der Waals surface area contributed by atoms with Gasteiger partial charge >= 0.3 is 0 Å². The lowest BCUT2D eigenvalue weighted by molar-refractivity contribution is 1.53. The molecule has 2 aromatic carbocycles. The summed E-state index contributed by atoms with van der Waals surface area (Å²) in [5, 5.41) is 4.24. The predicted molar refractivity (Wildman–Crippen MR) is 78.3 cm³/mol. The van der Waals surface area contributed by atoms with Crippen molar-refractivity contribution in [2.24, 2.45) is 0 Å². The molecule has 5 heteroatoms. The van der Waals surface area contributed by atoms with Crippen molar-refractivity contribution in [2.75, 3.05) is 11.1 Å². The summed E-state index contributed by atoms with van der Waals surface area (Å²) < 4.78 is 0.922. The van der Waals surface area contributed by atoms with Gasteiger partial charge in [0.05, 0.1) is 27.1 Å². The van der Waals surface area contributed by atoms with Crippen LogP contribution < -0.4 is 11.1 Å². The lowest BCUT2D eigenvalue weighted by Crippen LogP contribution is -1.97. The lowest BCUT2D eigenvalue weighted by atomic mass is 10.2. The van der Waals surface area contributed by atoms with Crippen LogP contribution in [0.15, 0.2) is 40.9 Å². The fourth-order valence-electron chi connectivity index (χ4n) is 1.40. The molecule has 0 atom stereocenters. The third-order valence-corrected chi connectivity index (χ3v) is 3.36. The molecule has 0 bridgehead atoms. The molecule has 0 saturated carbocycles. The maximum Gasteiger partial charge on any atom is 0.0763 e. The van der Waals surface area contributed by atoms with Crippen LogP contribution >= 0.6 is 39.1 Å². The predicted octanol–water partition coefficient (Wildman–Crippen LogP) is 5.08. The molecule has 0 aromatic heterocycles. The summed E-state index contributed by atoms with van der Waals surface area (Å²) in [6.07, 6.45) is 0. The number of hydrogen-bond acceptors (Lipinski definition) is 2. The number of nitrogens with one attached hydrogen (secondary N) is 1. The van der Waals surface area contributed by atoms with E-state index in [-0.39, 0.29) is 0 Å². The third kappa shape index (κ3) is 2.86. The minimum atomic E-state index is 0.555. The first-order valence-corrected chi connectivity index (χ1v) is 6.39. The normalized spacial score (nSPS) is 10.3. The Kier molecular flexibility index (Phi) is 3.82. The maximum absolute atomic E-state index is 6.07. The SMILES string of the molecule is Nc1cc(Br)ccc1Nc1c(Cl)cccc1Cl. The molecule has 0 aliphatic carbocycles. The van der Waals surface area contributed by atoms with Crippen LogP contribution in [0.25, 0.3) is 0 Å². The van der Waals surface area contributed by atoms with Crippen LogP contribution in [-0.4, -0.2) is 0 Å². The van der Waals surface area contributed by atoms with Gasteiger partial charge in [-0.2, -0.15) is 0 Å². The van der Waals surface area contributed by atoms with E-state index in [2.05, 4.69) is 21.2 Å². The van der Waals surface area contributed by atoms with E-state index < -0.39 is 0 Å². The zero-order valence-electron chi connectivity index (χ0n) is 8.68. The van der Waals surface area contributed by atoms with Crippen molar-refractivity contribution in [1.82, 2.24) is 0 Å². The number of nitrogen functional groups attached to an aromatic ring is 1. The van der Waals surface area contributed by atoms with Crippen LogP contribution in [-0.2, 0) is 0 Å². The molecule has 0 aliphatic heterocycles. The molecule has 0 amide bonds. The van der Waals surface area contributed by atoms with E-state index >= 15 is 0 Å². The molecule has 0 heterocycles. The van der Waals surface area contributed by atoms with Gasteiger partial charge in [-0.3, -0.25) is 0 Å². The quantitative estimate of drug-likeness (QED) is 0.753. The van der Waals surface area contributed by atoms with Crippen molar-refractivity contribution in [3.63, 3.8) is 0 Å². The number of halogens is 3. The molecule has 2 rings (SSSR count). The molecule has 0 aliphatic rings. The van der Waals surface area contributed by atoms with Crippen LogP contribution in [0.2, 0.25) is 10.0 Å². The second-order valence-corrected chi connectivity index (χ2v) is 5.18. The van der Waals surface area contributed by atoms with E-state index in [9.17, 15) is 0 Å². The van der Waals surface area contributed by atoms with Gasteiger partial charge in [-0.25, -0.2) is 0 Å². The topological polar surface area (TPSA) is 38.0 Å². The first-order chi connectivity index (χ1) is 8.08. The first-order valence-electron chi connectivity index (χ1n) is 4.84. The highest BCUT2D eigenvalue weighted by atomic mass is 79.9. The van der Waals surface area contributed by atoms with E-state index in [0.29, 0.717) is 21.4 Å². The second kappa shape index (κ2) is 5.17. The minimum absolute atomic E-state index is 0.555. The number of hydrogen-bond donors (Lipinski definition) is 2. The van der Waals surface area contributed by atoms with Crippen LogP contribution in [0, 0.1) is 0 Å². The molecule has 0 fully saturated rings. The van der Waals surface area contributed by atoms with Gasteiger partial charge < -0.3 is 11.1 Å². The van der Waals surface area contributed by atoms with E-state index in [0.717, 1.165) is 10.2 Å². The second-order valence-electron chi connectivity index (χ2n) is 3.45. The summed E-state index contributed by atoms with van der Waals surface area (Å²) in [5.74, 6) is 0. The summed E-state index contributed by atoms with van der Waals surface area (Å²) in [7, 11) is 0. The molecule has 0 radical (unpaired) electrons. The molecule has 3 N–H and O–H groups in total. The van der Waals surface area contributed by atoms with Crippen molar-refractivity contribution in [3.8, 4) is 0 Å². The minimum Gasteiger partial charge on any atom is -0.397 e. The van der Waals surface area contributed by atoms with Crippen LogP contribution in [0.5, 0.6) is 0 Å². The van der Waals surface area contributed by atoms with Gasteiger partial charge in [0.15, 0.2) is 0 Å². The zero-order chi connectivity index (χ0) is 12.4. The Hall–Kier alpha value is -0.900. The van der Waals surface area contributed by atoms with Crippen molar-refractivity contribution in [2.45, 2.75) is 0 Å². The fourth-order valence-corrected chi connectivity index (χ4v) is 2.27. The zero-order valence-corrected chi connectivity index (χ0v) is 11.8. The standard InChI is InChI=1S/C12H9BrCl2N2/c13-7-4-5-11(10(16)6-7)17-12-8(14)2-1-3-9(12)15/h1-6,17H,16H2. The van der Waals surface area contributed by atoms with Gasteiger partial charge in [0.1, 0.15) is 0 Å². The molecule has 2 nitrogen and oxygen atoms in total. The summed E-state index contributed by atoms with van der Waals surface area (Å²) in [6.45, 7) is 0. The molecule has 2 aromatic rings. The molecule has 0 unspecified atom stereocenters. The smallest absolute Gasteiger partial charge is 0.0763 e. The van der Waals surface area contributed by atoms with Crippen molar-refractivity contribution < 1.29 is 0 Å². The summed E-state index contributed by atoms with van der Waals surface area (Å²) in [5.41, 5.74) is 7.94. The van der Waals surface area contributed by atoms with Gasteiger partial charge in [0.25, 0.3) is 0 Å².